The van der Waals surface area contributed by atoms with Crippen LogP contribution in [-0.2, 0) is 9.53 Å². The summed E-state index contributed by atoms with van der Waals surface area (Å²) in [5.41, 5.74) is -0.767. The SMILES string of the molecule is O=C(Nc1ccc(Cl)s1)C1(CO)COC1. The lowest BCUT2D eigenvalue weighted by atomic mass is 9.86. The van der Waals surface area contributed by atoms with Gasteiger partial charge >= 0.3 is 0 Å². The second-order valence-corrected chi connectivity index (χ2v) is 5.20. The summed E-state index contributed by atoms with van der Waals surface area (Å²) in [6.45, 7) is 0.348. The van der Waals surface area contributed by atoms with Gasteiger partial charge < -0.3 is 15.2 Å². The molecule has 0 saturated carbocycles. The fourth-order valence-electron chi connectivity index (χ4n) is 1.27. The first kappa shape index (κ1) is 10.9. The van der Waals surface area contributed by atoms with E-state index in [1.165, 1.54) is 11.3 Å². The van der Waals surface area contributed by atoms with Gasteiger partial charge in [0.05, 0.1) is 29.2 Å². The number of nitrogens with one attached hydrogen (secondary N) is 1. The van der Waals surface area contributed by atoms with Crippen molar-refractivity contribution in [3.8, 4) is 0 Å². The fourth-order valence-corrected chi connectivity index (χ4v) is 2.21. The van der Waals surface area contributed by atoms with Gasteiger partial charge in [-0.15, -0.1) is 11.3 Å². The van der Waals surface area contributed by atoms with Crippen LogP contribution in [0.25, 0.3) is 0 Å². The third-order valence-corrected chi connectivity index (χ3v) is 3.50. The van der Waals surface area contributed by atoms with Crippen LogP contribution in [0.5, 0.6) is 0 Å². The van der Waals surface area contributed by atoms with Crippen LogP contribution in [0.15, 0.2) is 12.1 Å². The molecule has 0 aliphatic carbocycles. The first-order chi connectivity index (χ1) is 7.16. The third-order valence-electron chi connectivity index (χ3n) is 2.35. The molecule has 0 unspecified atom stereocenters. The minimum absolute atomic E-state index is 0.196. The van der Waals surface area contributed by atoms with E-state index in [0.29, 0.717) is 9.34 Å². The van der Waals surface area contributed by atoms with Crippen LogP contribution in [-0.4, -0.2) is 30.8 Å². The van der Waals surface area contributed by atoms with Gasteiger partial charge in [-0.25, -0.2) is 0 Å². The number of ether oxygens (including phenoxy) is 1. The zero-order chi connectivity index (χ0) is 10.9. The van der Waals surface area contributed by atoms with Crippen LogP contribution in [0.4, 0.5) is 5.00 Å². The van der Waals surface area contributed by atoms with E-state index in [2.05, 4.69) is 5.32 Å². The molecule has 0 radical (unpaired) electrons. The van der Waals surface area contributed by atoms with Crippen molar-refractivity contribution in [2.75, 3.05) is 25.1 Å². The zero-order valence-corrected chi connectivity index (χ0v) is 9.40. The van der Waals surface area contributed by atoms with Crippen molar-refractivity contribution in [1.29, 1.82) is 0 Å². The van der Waals surface area contributed by atoms with E-state index in [1.807, 2.05) is 0 Å². The number of amides is 1. The molecule has 1 saturated heterocycles. The van der Waals surface area contributed by atoms with Gasteiger partial charge in [-0.2, -0.15) is 0 Å². The Morgan fingerprint density at radius 1 is 1.67 bits per heavy atom. The molecule has 0 aromatic carbocycles. The summed E-state index contributed by atoms with van der Waals surface area (Å²) in [6.07, 6.45) is 0. The predicted octanol–water partition coefficient (Wildman–Crippen LogP) is 1.35. The lowest BCUT2D eigenvalue weighted by Gasteiger charge is -2.37. The van der Waals surface area contributed by atoms with Crippen molar-refractivity contribution in [1.82, 2.24) is 0 Å². The maximum absolute atomic E-state index is 11.8. The largest absolute Gasteiger partial charge is 0.395 e. The standard InChI is InChI=1S/C9H10ClNO3S/c10-6-1-2-7(15-6)11-8(13)9(3-12)4-14-5-9/h1-2,12H,3-5H2,(H,11,13). The number of aliphatic hydroxyl groups is 1. The normalized spacial score (nSPS) is 18.3. The highest BCUT2D eigenvalue weighted by atomic mass is 35.5. The lowest BCUT2D eigenvalue weighted by Crippen LogP contribution is -2.54. The lowest BCUT2D eigenvalue weighted by molar-refractivity contribution is -0.164. The molecule has 2 N–H and O–H groups in total. The second-order valence-electron chi connectivity index (χ2n) is 3.49. The van der Waals surface area contributed by atoms with Crippen molar-refractivity contribution < 1.29 is 14.6 Å². The fraction of sp³-hybridized carbons (Fsp3) is 0.444. The highest BCUT2D eigenvalue weighted by Gasteiger charge is 2.45. The summed E-state index contributed by atoms with van der Waals surface area (Å²) in [6, 6.07) is 3.44. The number of carbonyl (C=O) groups is 1. The van der Waals surface area contributed by atoms with E-state index in [4.69, 9.17) is 21.4 Å². The summed E-state index contributed by atoms with van der Waals surface area (Å²) in [4.78, 5) is 11.8. The van der Waals surface area contributed by atoms with Gasteiger partial charge in [0.1, 0.15) is 5.41 Å². The van der Waals surface area contributed by atoms with E-state index in [0.717, 1.165) is 0 Å². The maximum atomic E-state index is 11.8. The number of hydrogen-bond donors (Lipinski definition) is 2. The van der Waals surface area contributed by atoms with E-state index >= 15 is 0 Å². The number of thiophene rings is 1. The monoisotopic (exact) mass is 247 g/mol. The first-order valence-electron chi connectivity index (χ1n) is 4.42. The first-order valence-corrected chi connectivity index (χ1v) is 5.61. The summed E-state index contributed by atoms with van der Waals surface area (Å²) in [7, 11) is 0. The van der Waals surface area contributed by atoms with Crippen LogP contribution >= 0.6 is 22.9 Å². The molecule has 4 nitrogen and oxygen atoms in total. The number of aliphatic hydroxyl groups excluding tert-OH is 1. The molecule has 1 aliphatic heterocycles. The average Bonchev–Trinajstić information content (AvgIpc) is 2.50. The van der Waals surface area contributed by atoms with Gasteiger partial charge in [0.2, 0.25) is 5.91 Å². The molecule has 0 bridgehead atoms. The molecule has 1 fully saturated rings. The summed E-state index contributed by atoms with van der Waals surface area (Å²) >= 11 is 7.02. The Bertz CT molecular complexity index is 370. The van der Waals surface area contributed by atoms with Crippen molar-refractivity contribution in [3.05, 3.63) is 16.5 Å². The van der Waals surface area contributed by atoms with Gasteiger partial charge in [0.15, 0.2) is 0 Å². The zero-order valence-electron chi connectivity index (χ0n) is 7.83. The van der Waals surface area contributed by atoms with Gasteiger partial charge in [0, 0.05) is 0 Å². The Kier molecular flexibility index (Phi) is 2.97. The molecular weight excluding hydrogens is 238 g/mol. The molecule has 1 aliphatic rings. The Morgan fingerprint density at radius 3 is 2.80 bits per heavy atom. The second kappa shape index (κ2) is 4.09. The van der Waals surface area contributed by atoms with Crippen LogP contribution in [0.3, 0.4) is 0 Å². The van der Waals surface area contributed by atoms with E-state index in [1.54, 1.807) is 12.1 Å². The molecular formula is C9H10ClNO3S. The van der Waals surface area contributed by atoms with Gasteiger partial charge in [0.25, 0.3) is 0 Å². The van der Waals surface area contributed by atoms with Crippen molar-refractivity contribution in [3.63, 3.8) is 0 Å². The van der Waals surface area contributed by atoms with E-state index < -0.39 is 5.41 Å². The molecule has 15 heavy (non-hydrogen) atoms. The quantitative estimate of drug-likeness (QED) is 0.848. The van der Waals surface area contributed by atoms with Crippen LogP contribution in [0, 0.1) is 5.41 Å². The number of halogens is 1. The molecule has 1 amide bonds. The Balaban J connectivity index is 2.03. The van der Waals surface area contributed by atoms with Crippen molar-refractivity contribution in [2.45, 2.75) is 0 Å². The Hall–Kier alpha value is -0.620. The number of hydrogen-bond acceptors (Lipinski definition) is 4. The molecule has 0 spiro atoms. The molecule has 0 atom stereocenters. The van der Waals surface area contributed by atoms with E-state index in [9.17, 15) is 4.79 Å². The minimum Gasteiger partial charge on any atom is -0.395 e. The van der Waals surface area contributed by atoms with E-state index in [-0.39, 0.29) is 25.7 Å². The molecule has 1 aromatic heterocycles. The average molecular weight is 248 g/mol. The van der Waals surface area contributed by atoms with Crippen molar-refractivity contribution >= 4 is 33.8 Å². The third kappa shape index (κ3) is 2.01. The van der Waals surface area contributed by atoms with Gasteiger partial charge in [-0.3, -0.25) is 4.79 Å². The summed E-state index contributed by atoms with van der Waals surface area (Å²) in [5, 5.41) is 12.5. The molecule has 2 heterocycles. The highest BCUT2D eigenvalue weighted by molar-refractivity contribution is 7.20. The maximum Gasteiger partial charge on any atom is 0.238 e. The van der Waals surface area contributed by atoms with Crippen molar-refractivity contribution in [2.24, 2.45) is 5.41 Å². The van der Waals surface area contributed by atoms with Gasteiger partial charge in [-0.1, -0.05) is 11.6 Å². The molecule has 6 heteroatoms. The smallest absolute Gasteiger partial charge is 0.238 e. The minimum atomic E-state index is -0.767. The molecule has 1 aromatic rings. The number of carbonyl (C=O) groups excluding carboxylic acids is 1. The molecule has 82 valence electrons. The number of anilines is 1. The summed E-state index contributed by atoms with van der Waals surface area (Å²) in [5.74, 6) is -0.213. The van der Waals surface area contributed by atoms with Crippen LogP contribution in [0.1, 0.15) is 0 Å². The summed E-state index contributed by atoms with van der Waals surface area (Å²) < 4.78 is 5.57. The predicted molar refractivity (Wildman–Crippen MR) is 58.3 cm³/mol. The highest BCUT2D eigenvalue weighted by Crippen LogP contribution is 2.31. The topological polar surface area (TPSA) is 58.6 Å². The Labute approximate surface area is 95.8 Å². The molecule has 2 rings (SSSR count). The van der Waals surface area contributed by atoms with Crippen LogP contribution in [0.2, 0.25) is 4.34 Å². The Morgan fingerprint density at radius 2 is 2.40 bits per heavy atom. The number of rotatable bonds is 3. The van der Waals surface area contributed by atoms with Crippen LogP contribution < -0.4 is 5.32 Å². The van der Waals surface area contributed by atoms with Gasteiger partial charge in [-0.05, 0) is 12.1 Å².